The monoisotopic (exact) mass is 573 g/mol. The first-order valence-electron chi connectivity index (χ1n) is 13.9. The van der Waals surface area contributed by atoms with Gasteiger partial charge in [0.05, 0.1) is 0 Å². The molecule has 2 aliphatic rings. The van der Waals surface area contributed by atoms with Crippen LogP contribution in [-0.4, -0.2) is 73.3 Å². The van der Waals surface area contributed by atoms with E-state index in [0.29, 0.717) is 4.90 Å². The van der Waals surface area contributed by atoms with Crippen LogP contribution in [0.1, 0.15) is 93.6 Å². The van der Waals surface area contributed by atoms with Gasteiger partial charge in [-0.1, -0.05) is 30.3 Å². The first-order chi connectivity index (χ1) is 18.7. The van der Waals surface area contributed by atoms with Crippen LogP contribution in [0.5, 0.6) is 0 Å². The molecule has 6 amide bonds. The minimum absolute atomic E-state index is 0.0227. The minimum Gasteiger partial charge on any atom is -0.444 e. The number of rotatable bonds is 3. The van der Waals surface area contributed by atoms with E-state index >= 15 is 0 Å². The molecule has 1 aromatic carbocycles. The summed E-state index contributed by atoms with van der Waals surface area (Å²) < 4.78 is 16.5. The van der Waals surface area contributed by atoms with Crippen LogP contribution in [0.25, 0.3) is 0 Å². The fourth-order valence-corrected chi connectivity index (χ4v) is 4.98. The zero-order valence-corrected chi connectivity index (χ0v) is 25.6. The van der Waals surface area contributed by atoms with E-state index in [1.165, 1.54) is 0 Å². The van der Waals surface area contributed by atoms with E-state index in [0.717, 1.165) is 10.5 Å². The zero-order valence-electron chi connectivity index (χ0n) is 25.6. The normalized spacial score (nSPS) is 21.6. The van der Waals surface area contributed by atoms with Crippen LogP contribution in [0.15, 0.2) is 30.3 Å². The van der Waals surface area contributed by atoms with Gasteiger partial charge in [0.15, 0.2) is 0 Å². The molecule has 0 atom stereocenters. The lowest BCUT2D eigenvalue weighted by molar-refractivity contribution is -0.134. The third-order valence-electron chi connectivity index (χ3n) is 6.61. The molecular weight excluding hydrogens is 530 g/mol. The van der Waals surface area contributed by atoms with E-state index in [4.69, 9.17) is 14.2 Å². The number of carbonyl (C=O) groups excluding carboxylic acids is 5. The van der Waals surface area contributed by atoms with Gasteiger partial charge in [-0.3, -0.25) is 4.79 Å². The second-order valence-corrected chi connectivity index (χ2v) is 13.6. The summed E-state index contributed by atoms with van der Waals surface area (Å²) in [4.78, 5) is 69.8. The van der Waals surface area contributed by atoms with Gasteiger partial charge in [-0.05, 0) is 93.6 Å². The number of imide groups is 4. The van der Waals surface area contributed by atoms with Gasteiger partial charge in [0, 0.05) is 12.6 Å². The van der Waals surface area contributed by atoms with Gasteiger partial charge in [0.25, 0.3) is 5.91 Å². The van der Waals surface area contributed by atoms with Crippen molar-refractivity contribution in [1.29, 1.82) is 0 Å². The van der Waals surface area contributed by atoms with Crippen molar-refractivity contribution in [3.8, 4) is 0 Å². The quantitative estimate of drug-likeness (QED) is 0.308. The Labute approximate surface area is 242 Å². The van der Waals surface area contributed by atoms with Crippen LogP contribution in [0.3, 0.4) is 0 Å². The van der Waals surface area contributed by atoms with E-state index < -0.39 is 52.6 Å². The molecule has 41 heavy (non-hydrogen) atoms. The average Bonchev–Trinajstić information content (AvgIpc) is 3.01. The van der Waals surface area contributed by atoms with Gasteiger partial charge in [-0.15, -0.1) is 0 Å². The number of carbonyl (C=O) groups is 5. The maximum absolute atomic E-state index is 13.8. The first-order valence-corrected chi connectivity index (χ1v) is 13.9. The molecule has 0 unspecified atom stereocenters. The lowest BCUT2D eigenvalue weighted by Crippen LogP contribution is -2.57. The molecule has 1 aliphatic heterocycles. The molecule has 2 fully saturated rings. The van der Waals surface area contributed by atoms with Gasteiger partial charge in [0.2, 0.25) is 0 Å². The number of amides is 6. The Balaban J connectivity index is 1.94. The Morgan fingerprint density at radius 1 is 0.805 bits per heavy atom. The van der Waals surface area contributed by atoms with E-state index in [9.17, 15) is 24.0 Å². The number of nitrogens with zero attached hydrogens (tertiary/aromatic N) is 3. The number of hydrogen-bond donors (Lipinski definition) is 0. The summed E-state index contributed by atoms with van der Waals surface area (Å²) in [5.74, 6) is -0.840. The molecule has 1 aromatic rings. The number of urea groups is 1. The Morgan fingerprint density at radius 2 is 1.29 bits per heavy atom. The molecule has 1 saturated heterocycles. The lowest BCUT2D eigenvalue weighted by Gasteiger charge is -2.43. The van der Waals surface area contributed by atoms with E-state index in [1.54, 1.807) is 67.2 Å². The highest BCUT2D eigenvalue weighted by molar-refractivity contribution is 6.20. The molecule has 0 radical (unpaired) electrons. The van der Waals surface area contributed by atoms with Crippen LogP contribution in [0.4, 0.5) is 19.2 Å². The third kappa shape index (κ3) is 7.56. The van der Waals surface area contributed by atoms with E-state index in [-0.39, 0.29) is 38.3 Å². The van der Waals surface area contributed by atoms with E-state index in [1.807, 2.05) is 30.3 Å². The molecule has 0 N–H and O–H groups in total. The highest BCUT2D eigenvalue weighted by Crippen LogP contribution is 2.43. The minimum atomic E-state index is -1.65. The van der Waals surface area contributed by atoms with Gasteiger partial charge in [-0.25, -0.2) is 24.1 Å². The summed E-state index contributed by atoms with van der Waals surface area (Å²) in [6, 6.07) is 8.00. The van der Waals surface area contributed by atoms with Crippen molar-refractivity contribution in [3.63, 3.8) is 0 Å². The van der Waals surface area contributed by atoms with Crippen molar-refractivity contribution in [2.45, 2.75) is 123 Å². The topological polar surface area (TPSA) is 123 Å². The number of benzene rings is 1. The fraction of sp³-hybridized carbons (Fsp3) is 0.633. The second-order valence-electron chi connectivity index (χ2n) is 13.6. The maximum atomic E-state index is 13.8. The van der Waals surface area contributed by atoms with Crippen molar-refractivity contribution in [2.75, 3.05) is 0 Å². The lowest BCUT2D eigenvalue weighted by atomic mass is 9.77. The number of hydrogen-bond acceptors (Lipinski definition) is 8. The Kier molecular flexibility index (Phi) is 8.81. The van der Waals surface area contributed by atoms with Gasteiger partial charge in [-0.2, -0.15) is 4.90 Å². The Morgan fingerprint density at radius 3 is 1.78 bits per heavy atom. The standard InChI is InChI=1S/C30H43N3O8/c1-27(2,3)39-24(36)31(19-20-13-11-10-12-14-20)21-15-17-30(18-16-21)22(34)32(25(37)40-28(4,5)6)23(35)33(30)26(38)41-29(7,8)9/h10-14,21H,15-19H2,1-9H3. The maximum Gasteiger partial charge on any atom is 0.425 e. The van der Waals surface area contributed by atoms with Crippen molar-refractivity contribution < 1.29 is 38.2 Å². The SMILES string of the molecule is CC(C)(C)OC(=O)N1C(=O)N(C(=O)OC(C)(C)C)C2(CCC(N(Cc3ccccc3)C(=O)OC(C)(C)C)CC2)C1=O. The molecule has 1 saturated carbocycles. The van der Waals surface area contributed by atoms with Gasteiger partial charge >= 0.3 is 24.3 Å². The van der Waals surface area contributed by atoms with Gasteiger partial charge < -0.3 is 19.1 Å². The number of ether oxygens (including phenoxy) is 3. The highest BCUT2D eigenvalue weighted by Gasteiger charge is 2.64. The summed E-state index contributed by atoms with van der Waals surface area (Å²) in [6.45, 7) is 15.4. The van der Waals surface area contributed by atoms with Crippen LogP contribution in [0, 0.1) is 0 Å². The first kappa shape index (κ1) is 31.9. The molecule has 1 aliphatic carbocycles. The smallest absolute Gasteiger partial charge is 0.425 e. The summed E-state index contributed by atoms with van der Waals surface area (Å²) in [5, 5.41) is 0. The molecular formula is C30H43N3O8. The Bertz CT molecular complexity index is 1170. The highest BCUT2D eigenvalue weighted by atomic mass is 16.6. The summed E-state index contributed by atoms with van der Waals surface area (Å²) in [6.07, 6.45) is -2.09. The van der Waals surface area contributed by atoms with Gasteiger partial charge in [0.1, 0.15) is 22.3 Å². The summed E-state index contributed by atoms with van der Waals surface area (Å²) in [5.41, 5.74) is -3.41. The second kappa shape index (κ2) is 11.3. The molecule has 3 rings (SSSR count). The fourth-order valence-electron chi connectivity index (χ4n) is 4.98. The Hall–Kier alpha value is -3.63. The average molecular weight is 574 g/mol. The van der Waals surface area contributed by atoms with Crippen LogP contribution in [0.2, 0.25) is 0 Å². The zero-order chi connectivity index (χ0) is 31.0. The van der Waals surface area contributed by atoms with Crippen molar-refractivity contribution in [3.05, 3.63) is 35.9 Å². The molecule has 0 aromatic heterocycles. The summed E-state index contributed by atoms with van der Waals surface area (Å²) >= 11 is 0. The molecule has 11 heteroatoms. The predicted molar refractivity (Wildman–Crippen MR) is 150 cm³/mol. The van der Waals surface area contributed by atoms with E-state index in [2.05, 4.69) is 0 Å². The largest absolute Gasteiger partial charge is 0.444 e. The van der Waals surface area contributed by atoms with Crippen molar-refractivity contribution >= 4 is 30.2 Å². The molecule has 0 bridgehead atoms. The summed E-state index contributed by atoms with van der Waals surface area (Å²) in [7, 11) is 0. The predicted octanol–water partition coefficient (Wildman–Crippen LogP) is 6.24. The van der Waals surface area contributed by atoms with Crippen LogP contribution < -0.4 is 0 Å². The van der Waals surface area contributed by atoms with Crippen LogP contribution in [-0.2, 0) is 25.5 Å². The molecule has 11 nitrogen and oxygen atoms in total. The molecule has 226 valence electrons. The van der Waals surface area contributed by atoms with Crippen molar-refractivity contribution in [2.24, 2.45) is 0 Å². The third-order valence-corrected chi connectivity index (χ3v) is 6.61. The molecule has 1 spiro atoms. The van der Waals surface area contributed by atoms with Crippen LogP contribution >= 0.6 is 0 Å². The van der Waals surface area contributed by atoms with Crippen molar-refractivity contribution in [1.82, 2.24) is 14.7 Å². The molecule has 1 heterocycles.